The first-order valence-corrected chi connectivity index (χ1v) is 8.55. The molecule has 0 saturated carbocycles. The minimum absolute atomic E-state index is 0.0909. The van der Waals surface area contributed by atoms with E-state index >= 15 is 0 Å². The first-order valence-electron chi connectivity index (χ1n) is 7.47. The Morgan fingerprint density at radius 1 is 1.04 bits per heavy atom. The summed E-state index contributed by atoms with van der Waals surface area (Å²) in [7, 11) is 1.21. The molecular weight excluding hydrogens is 433 g/mol. The van der Waals surface area contributed by atoms with Gasteiger partial charge in [-0.15, -0.1) is 0 Å². The van der Waals surface area contributed by atoms with Gasteiger partial charge >= 0.3 is 5.97 Å². The molecule has 0 radical (unpaired) electrons. The third-order valence-electron chi connectivity index (χ3n) is 3.87. The van der Waals surface area contributed by atoms with E-state index in [1.165, 1.54) is 11.7 Å². The predicted molar refractivity (Wildman–Crippen MR) is 103 cm³/mol. The number of nitrogens with zero attached hydrogens (tertiary/aromatic N) is 1. The fraction of sp³-hybridized carbons (Fsp3) is 0.105. The summed E-state index contributed by atoms with van der Waals surface area (Å²) in [5.41, 5.74) is 1.39. The van der Waals surface area contributed by atoms with E-state index in [0.29, 0.717) is 16.5 Å². The molecule has 3 rings (SSSR count). The highest BCUT2D eigenvalue weighted by atomic mass is 127. The van der Waals surface area contributed by atoms with Crippen LogP contribution in [-0.2, 0) is 4.74 Å². The van der Waals surface area contributed by atoms with Crippen LogP contribution in [0.3, 0.4) is 0 Å². The van der Waals surface area contributed by atoms with Gasteiger partial charge in [0.2, 0.25) is 0 Å². The standard InChI is InChI=1S/C19H14INO4/c1-11-3-5-12(6-4-11)18(23)21-15-8-7-13(20)9-14(15)17(22)10-16(21)19(24)25-2/h3-10H,1-2H3. The third kappa shape index (κ3) is 3.21. The summed E-state index contributed by atoms with van der Waals surface area (Å²) in [6.07, 6.45) is 0. The van der Waals surface area contributed by atoms with Crippen molar-refractivity contribution in [3.05, 3.63) is 79.1 Å². The number of benzene rings is 2. The van der Waals surface area contributed by atoms with Crippen LogP contribution in [0.2, 0.25) is 0 Å². The zero-order valence-electron chi connectivity index (χ0n) is 13.6. The average Bonchev–Trinajstić information content (AvgIpc) is 2.61. The van der Waals surface area contributed by atoms with Gasteiger partial charge in [0.25, 0.3) is 5.91 Å². The monoisotopic (exact) mass is 447 g/mol. The van der Waals surface area contributed by atoms with E-state index in [0.717, 1.165) is 15.2 Å². The zero-order valence-corrected chi connectivity index (χ0v) is 15.7. The summed E-state index contributed by atoms with van der Waals surface area (Å²) in [6, 6.07) is 13.3. The highest BCUT2D eigenvalue weighted by Crippen LogP contribution is 2.19. The first-order chi connectivity index (χ1) is 11.9. The number of carbonyl (C=O) groups excluding carboxylic acids is 2. The van der Waals surface area contributed by atoms with Crippen molar-refractivity contribution in [2.75, 3.05) is 7.11 Å². The van der Waals surface area contributed by atoms with Gasteiger partial charge in [-0.3, -0.25) is 14.2 Å². The van der Waals surface area contributed by atoms with Crippen LogP contribution in [0.5, 0.6) is 0 Å². The number of esters is 1. The largest absolute Gasteiger partial charge is 0.464 e. The van der Waals surface area contributed by atoms with E-state index in [2.05, 4.69) is 22.6 Å². The molecule has 0 N–H and O–H groups in total. The van der Waals surface area contributed by atoms with E-state index in [1.807, 2.05) is 19.1 Å². The predicted octanol–water partition coefficient (Wildman–Crippen LogP) is 3.39. The average molecular weight is 447 g/mol. The summed E-state index contributed by atoms with van der Waals surface area (Å²) in [5.74, 6) is -1.13. The molecular formula is C19H14INO4. The lowest BCUT2D eigenvalue weighted by Gasteiger charge is -2.14. The Hall–Kier alpha value is -2.48. The fourth-order valence-electron chi connectivity index (χ4n) is 2.60. The molecule has 0 amide bonds. The van der Waals surface area contributed by atoms with Gasteiger partial charge in [0.05, 0.1) is 12.6 Å². The molecule has 0 atom stereocenters. The lowest BCUT2D eigenvalue weighted by atomic mass is 10.1. The van der Waals surface area contributed by atoms with Gasteiger partial charge in [-0.05, 0) is 59.8 Å². The van der Waals surface area contributed by atoms with Crippen molar-refractivity contribution >= 4 is 45.4 Å². The number of hydrogen-bond donors (Lipinski definition) is 0. The van der Waals surface area contributed by atoms with Crippen LogP contribution < -0.4 is 5.43 Å². The van der Waals surface area contributed by atoms with Crippen molar-refractivity contribution in [3.8, 4) is 0 Å². The number of pyridine rings is 1. The van der Waals surface area contributed by atoms with Crippen molar-refractivity contribution in [2.24, 2.45) is 0 Å². The maximum Gasteiger partial charge on any atom is 0.355 e. The Labute approximate surface area is 157 Å². The number of rotatable bonds is 2. The molecule has 0 aliphatic carbocycles. The molecule has 0 fully saturated rings. The minimum atomic E-state index is -0.738. The maximum atomic E-state index is 13.1. The van der Waals surface area contributed by atoms with Gasteiger partial charge in [0, 0.05) is 20.6 Å². The SMILES string of the molecule is COC(=O)c1cc(=O)c2cc(I)ccc2n1C(=O)c1ccc(C)cc1. The van der Waals surface area contributed by atoms with E-state index in [4.69, 9.17) is 4.74 Å². The second kappa shape index (κ2) is 6.79. The summed E-state index contributed by atoms with van der Waals surface area (Å²) < 4.78 is 6.86. The normalized spacial score (nSPS) is 10.7. The number of methoxy groups -OCH3 is 1. The van der Waals surface area contributed by atoms with Crippen LogP contribution >= 0.6 is 22.6 Å². The van der Waals surface area contributed by atoms with Gasteiger partial charge in [-0.25, -0.2) is 4.79 Å². The molecule has 1 aromatic heterocycles. The van der Waals surface area contributed by atoms with Crippen LogP contribution in [0, 0.1) is 10.5 Å². The highest BCUT2D eigenvalue weighted by molar-refractivity contribution is 14.1. The number of fused-ring (bicyclic) bond motifs is 1. The van der Waals surface area contributed by atoms with Gasteiger partial charge in [0.1, 0.15) is 5.69 Å². The van der Waals surface area contributed by atoms with E-state index < -0.39 is 11.9 Å². The van der Waals surface area contributed by atoms with Crippen LogP contribution in [0.25, 0.3) is 10.9 Å². The Bertz CT molecular complexity index is 1050. The molecule has 3 aromatic rings. The smallest absolute Gasteiger partial charge is 0.355 e. The molecule has 0 spiro atoms. The van der Waals surface area contributed by atoms with E-state index in [1.54, 1.807) is 30.3 Å². The van der Waals surface area contributed by atoms with E-state index in [-0.39, 0.29) is 11.1 Å². The Kier molecular flexibility index (Phi) is 4.71. The van der Waals surface area contributed by atoms with Gasteiger partial charge < -0.3 is 4.74 Å². The summed E-state index contributed by atoms with van der Waals surface area (Å²) in [4.78, 5) is 37.6. The van der Waals surface area contributed by atoms with Crippen molar-refractivity contribution < 1.29 is 14.3 Å². The summed E-state index contributed by atoms with van der Waals surface area (Å²) in [5, 5.41) is 0.375. The molecule has 25 heavy (non-hydrogen) atoms. The Balaban J connectivity index is 2.35. The molecule has 0 bridgehead atoms. The van der Waals surface area contributed by atoms with Crippen LogP contribution in [-0.4, -0.2) is 23.6 Å². The zero-order chi connectivity index (χ0) is 18.1. The van der Waals surface area contributed by atoms with Crippen LogP contribution in [0.1, 0.15) is 26.4 Å². The summed E-state index contributed by atoms with van der Waals surface area (Å²) in [6.45, 7) is 1.92. The summed E-state index contributed by atoms with van der Waals surface area (Å²) >= 11 is 2.09. The topological polar surface area (TPSA) is 65.4 Å². The van der Waals surface area contributed by atoms with E-state index in [9.17, 15) is 14.4 Å². The maximum absolute atomic E-state index is 13.1. The second-order valence-corrected chi connectivity index (χ2v) is 6.80. The molecule has 0 saturated heterocycles. The molecule has 1 heterocycles. The van der Waals surface area contributed by atoms with Crippen molar-refractivity contribution in [1.82, 2.24) is 4.57 Å². The number of carbonyl (C=O) groups is 2. The Morgan fingerprint density at radius 2 is 1.72 bits per heavy atom. The molecule has 0 unspecified atom stereocenters. The molecule has 0 aliphatic heterocycles. The lowest BCUT2D eigenvalue weighted by molar-refractivity contribution is 0.0583. The quantitative estimate of drug-likeness (QED) is 0.447. The van der Waals surface area contributed by atoms with Gasteiger partial charge in [-0.2, -0.15) is 0 Å². The van der Waals surface area contributed by atoms with Gasteiger partial charge in [0.15, 0.2) is 5.43 Å². The number of aryl methyl sites for hydroxylation is 1. The molecule has 6 heteroatoms. The number of ether oxygens (including phenoxy) is 1. The number of aromatic nitrogens is 1. The van der Waals surface area contributed by atoms with Crippen LogP contribution in [0.15, 0.2) is 53.3 Å². The molecule has 0 aliphatic rings. The number of hydrogen-bond acceptors (Lipinski definition) is 4. The van der Waals surface area contributed by atoms with Crippen molar-refractivity contribution in [3.63, 3.8) is 0 Å². The highest BCUT2D eigenvalue weighted by Gasteiger charge is 2.21. The lowest BCUT2D eigenvalue weighted by Crippen LogP contribution is -2.25. The third-order valence-corrected chi connectivity index (χ3v) is 4.54. The fourth-order valence-corrected chi connectivity index (χ4v) is 3.09. The molecule has 2 aromatic carbocycles. The number of halogens is 1. The van der Waals surface area contributed by atoms with Crippen LogP contribution in [0.4, 0.5) is 0 Å². The second-order valence-electron chi connectivity index (χ2n) is 5.55. The van der Waals surface area contributed by atoms with Crippen molar-refractivity contribution in [2.45, 2.75) is 6.92 Å². The molecule has 5 nitrogen and oxygen atoms in total. The Morgan fingerprint density at radius 3 is 2.36 bits per heavy atom. The minimum Gasteiger partial charge on any atom is -0.464 e. The molecule has 126 valence electrons. The van der Waals surface area contributed by atoms with Gasteiger partial charge in [-0.1, -0.05) is 17.7 Å². The first kappa shape index (κ1) is 17.3. The van der Waals surface area contributed by atoms with Crippen molar-refractivity contribution in [1.29, 1.82) is 0 Å².